The molecule has 4 aromatic rings. The first kappa shape index (κ1) is 20.6. The van der Waals surface area contributed by atoms with Crippen molar-refractivity contribution in [3.8, 4) is 11.4 Å². The first-order valence-corrected chi connectivity index (χ1v) is 10.7. The highest BCUT2D eigenvalue weighted by atomic mass is 32.2. The number of rotatable bonds is 8. The van der Waals surface area contributed by atoms with Gasteiger partial charge in [-0.3, -0.25) is 4.79 Å². The van der Waals surface area contributed by atoms with Gasteiger partial charge in [0.1, 0.15) is 11.4 Å². The van der Waals surface area contributed by atoms with Gasteiger partial charge in [-0.15, -0.1) is 5.10 Å². The number of thioether (sulfide) groups is 1. The zero-order chi connectivity index (χ0) is 21.5. The van der Waals surface area contributed by atoms with E-state index in [1.165, 1.54) is 11.8 Å². The van der Waals surface area contributed by atoms with E-state index in [0.29, 0.717) is 23.1 Å². The van der Waals surface area contributed by atoms with E-state index < -0.39 is 0 Å². The Kier molecular flexibility index (Phi) is 6.59. The molecule has 7 nitrogen and oxygen atoms in total. The molecule has 0 aliphatic rings. The summed E-state index contributed by atoms with van der Waals surface area (Å²) in [4.78, 5) is 15.0. The highest BCUT2D eigenvalue weighted by Crippen LogP contribution is 2.26. The van der Waals surface area contributed by atoms with Crippen molar-refractivity contribution in [1.82, 2.24) is 20.2 Å². The normalized spacial score (nSPS) is 10.6. The average molecular weight is 432 g/mol. The molecular weight excluding hydrogens is 410 g/mol. The average Bonchev–Trinajstić information content (AvgIpc) is 3.30. The van der Waals surface area contributed by atoms with Crippen molar-refractivity contribution in [2.24, 2.45) is 0 Å². The number of hydrogen-bond acceptors (Lipinski definition) is 6. The van der Waals surface area contributed by atoms with Crippen molar-refractivity contribution in [2.45, 2.75) is 11.7 Å². The second kappa shape index (κ2) is 9.90. The number of methoxy groups -OCH3 is 1. The van der Waals surface area contributed by atoms with E-state index in [9.17, 15) is 4.79 Å². The quantitative estimate of drug-likeness (QED) is 0.393. The smallest absolute Gasteiger partial charge is 0.237 e. The Morgan fingerprint density at radius 1 is 0.968 bits per heavy atom. The van der Waals surface area contributed by atoms with Crippen molar-refractivity contribution < 1.29 is 9.53 Å². The number of benzene rings is 3. The summed E-state index contributed by atoms with van der Waals surface area (Å²) >= 11 is 1.29. The van der Waals surface area contributed by atoms with Gasteiger partial charge in [0.2, 0.25) is 11.1 Å². The molecule has 0 aliphatic heterocycles. The van der Waals surface area contributed by atoms with Crippen LogP contribution in [0.3, 0.4) is 0 Å². The molecule has 1 aromatic heterocycles. The molecule has 156 valence electrons. The van der Waals surface area contributed by atoms with Crippen molar-refractivity contribution in [3.63, 3.8) is 0 Å². The molecule has 8 heteroatoms. The zero-order valence-corrected chi connectivity index (χ0v) is 17.8. The van der Waals surface area contributed by atoms with Crippen molar-refractivity contribution in [1.29, 1.82) is 0 Å². The highest BCUT2D eigenvalue weighted by molar-refractivity contribution is 7.99. The number of nitrogens with zero attached hydrogens (tertiary/aromatic N) is 5. The maximum atomic E-state index is 13.2. The fourth-order valence-corrected chi connectivity index (χ4v) is 3.89. The number of amides is 1. The summed E-state index contributed by atoms with van der Waals surface area (Å²) in [6.07, 6.45) is 0. The van der Waals surface area contributed by atoms with Crippen LogP contribution >= 0.6 is 11.8 Å². The number of anilines is 1. The Morgan fingerprint density at radius 3 is 2.39 bits per heavy atom. The molecule has 0 radical (unpaired) electrons. The van der Waals surface area contributed by atoms with Gasteiger partial charge in [-0.2, -0.15) is 4.68 Å². The Balaban J connectivity index is 1.53. The number of ether oxygens (including phenoxy) is 1. The number of carbonyl (C=O) groups excluding carboxylic acids is 1. The summed E-state index contributed by atoms with van der Waals surface area (Å²) in [5, 5.41) is 12.5. The van der Waals surface area contributed by atoms with Crippen LogP contribution in [-0.4, -0.2) is 39.0 Å². The Labute approximate surface area is 184 Å². The molecule has 0 saturated heterocycles. The van der Waals surface area contributed by atoms with E-state index in [-0.39, 0.29) is 11.7 Å². The van der Waals surface area contributed by atoms with E-state index >= 15 is 0 Å². The molecule has 0 aliphatic carbocycles. The summed E-state index contributed by atoms with van der Waals surface area (Å²) in [6.45, 7) is 0.488. The lowest BCUT2D eigenvalue weighted by atomic mass is 10.2. The van der Waals surface area contributed by atoms with E-state index in [1.54, 1.807) is 16.7 Å². The summed E-state index contributed by atoms with van der Waals surface area (Å²) in [6, 6.07) is 27.1. The SMILES string of the molecule is COc1ccccc1-n1nnnc1SCC(=O)N(Cc1ccccc1)c1ccccc1. The third kappa shape index (κ3) is 4.92. The Hall–Kier alpha value is -3.65. The molecule has 3 aromatic carbocycles. The predicted octanol–water partition coefficient (Wildman–Crippen LogP) is 4.00. The van der Waals surface area contributed by atoms with Gasteiger partial charge in [0.05, 0.1) is 19.4 Å². The molecule has 0 fully saturated rings. The van der Waals surface area contributed by atoms with Crippen molar-refractivity contribution >= 4 is 23.4 Å². The minimum atomic E-state index is -0.0328. The second-order valence-electron chi connectivity index (χ2n) is 6.63. The van der Waals surface area contributed by atoms with Gasteiger partial charge in [0, 0.05) is 5.69 Å². The number of carbonyl (C=O) groups is 1. The maximum Gasteiger partial charge on any atom is 0.237 e. The van der Waals surface area contributed by atoms with Gasteiger partial charge in [-0.1, -0.05) is 72.4 Å². The molecule has 0 N–H and O–H groups in total. The lowest BCUT2D eigenvalue weighted by Gasteiger charge is -2.23. The number of hydrogen-bond donors (Lipinski definition) is 0. The van der Waals surface area contributed by atoms with Crippen LogP contribution in [0.2, 0.25) is 0 Å². The first-order valence-electron chi connectivity index (χ1n) is 9.70. The standard InChI is InChI=1S/C23H21N5O2S/c1-30-21-15-9-8-14-20(21)28-23(24-25-26-28)31-17-22(29)27(19-12-6-3-7-13-19)16-18-10-4-2-5-11-18/h2-15H,16-17H2,1H3. The predicted molar refractivity (Wildman–Crippen MR) is 121 cm³/mol. The fraction of sp³-hybridized carbons (Fsp3) is 0.130. The fourth-order valence-electron chi connectivity index (χ4n) is 3.13. The molecule has 1 heterocycles. The third-order valence-electron chi connectivity index (χ3n) is 4.63. The van der Waals surface area contributed by atoms with Gasteiger partial charge in [-0.05, 0) is 40.3 Å². The van der Waals surface area contributed by atoms with Crippen molar-refractivity contribution in [2.75, 3.05) is 17.8 Å². The monoisotopic (exact) mass is 431 g/mol. The van der Waals surface area contributed by atoms with Crippen LogP contribution in [0.5, 0.6) is 5.75 Å². The van der Waals surface area contributed by atoms with Gasteiger partial charge in [-0.25, -0.2) is 0 Å². The molecule has 0 spiro atoms. The molecule has 0 unspecified atom stereocenters. The summed E-state index contributed by atoms with van der Waals surface area (Å²) in [5.74, 6) is 0.810. The molecule has 31 heavy (non-hydrogen) atoms. The largest absolute Gasteiger partial charge is 0.494 e. The van der Waals surface area contributed by atoms with Crippen LogP contribution < -0.4 is 9.64 Å². The van der Waals surface area contributed by atoms with E-state index in [1.807, 2.05) is 84.9 Å². The molecular formula is C23H21N5O2S. The molecule has 0 bridgehead atoms. The lowest BCUT2D eigenvalue weighted by Crippen LogP contribution is -2.32. The van der Waals surface area contributed by atoms with Crippen LogP contribution in [0.4, 0.5) is 5.69 Å². The molecule has 1 amide bonds. The van der Waals surface area contributed by atoms with Gasteiger partial charge in [0.25, 0.3) is 0 Å². The Morgan fingerprint density at radius 2 is 1.65 bits per heavy atom. The number of tetrazole rings is 1. The minimum Gasteiger partial charge on any atom is -0.494 e. The highest BCUT2D eigenvalue weighted by Gasteiger charge is 2.19. The van der Waals surface area contributed by atoms with Crippen LogP contribution in [0.25, 0.3) is 5.69 Å². The van der Waals surface area contributed by atoms with E-state index in [4.69, 9.17) is 4.74 Å². The van der Waals surface area contributed by atoms with Gasteiger partial charge >= 0.3 is 0 Å². The van der Waals surface area contributed by atoms with Gasteiger partial charge < -0.3 is 9.64 Å². The number of aromatic nitrogens is 4. The minimum absolute atomic E-state index is 0.0328. The van der Waals surface area contributed by atoms with Crippen LogP contribution in [-0.2, 0) is 11.3 Å². The first-order chi connectivity index (χ1) is 15.3. The topological polar surface area (TPSA) is 73.1 Å². The zero-order valence-electron chi connectivity index (χ0n) is 17.0. The lowest BCUT2D eigenvalue weighted by molar-refractivity contribution is -0.116. The summed E-state index contributed by atoms with van der Waals surface area (Å²) in [7, 11) is 1.60. The third-order valence-corrected chi connectivity index (χ3v) is 5.54. The maximum absolute atomic E-state index is 13.2. The van der Waals surface area contributed by atoms with Crippen LogP contribution in [0, 0.1) is 0 Å². The van der Waals surface area contributed by atoms with E-state index in [0.717, 1.165) is 11.3 Å². The number of para-hydroxylation sites is 3. The molecule has 0 saturated carbocycles. The van der Waals surface area contributed by atoms with Crippen LogP contribution in [0.1, 0.15) is 5.56 Å². The summed E-state index contributed by atoms with van der Waals surface area (Å²) in [5.41, 5.74) is 2.62. The van der Waals surface area contributed by atoms with E-state index in [2.05, 4.69) is 15.5 Å². The van der Waals surface area contributed by atoms with Crippen LogP contribution in [0.15, 0.2) is 90.1 Å². The van der Waals surface area contributed by atoms with Gasteiger partial charge in [0.15, 0.2) is 0 Å². The molecule has 4 rings (SSSR count). The summed E-state index contributed by atoms with van der Waals surface area (Å²) < 4.78 is 7.00. The van der Waals surface area contributed by atoms with Crippen molar-refractivity contribution in [3.05, 3.63) is 90.5 Å². The Bertz CT molecular complexity index is 1130. The molecule has 0 atom stereocenters. The second-order valence-corrected chi connectivity index (χ2v) is 7.58.